The average Bonchev–Trinajstić information content (AvgIpc) is 2.30. The number of halogens is 2. The van der Waals surface area contributed by atoms with Gasteiger partial charge >= 0.3 is 0 Å². The summed E-state index contributed by atoms with van der Waals surface area (Å²) in [6.45, 7) is 2.15. The summed E-state index contributed by atoms with van der Waals surface area (Å²) in [6.07, 6.45) is 5.93. The van der Waals surface area contributed by atoms with Crippen LogP contribution >= 0.6 is 24.8 Å². The summed E-state index contributed by atoms with van der Waals surface area (Å²) in [5, 5.41) is 6.48. The fourth-order valence-electron chi connectivity index (χ4n) is 1.93. The summed E-state index contributed by atoms with van der Waals surface area (Å²) in [4.78, 5) is 8.68. The van der Waals surface area contributed by atoms with Crippen LogP contribution in [0.3, 0.4) is 0 Å². The summed E-state index contributed by atoms with van der Waals surface area (Å²) < 4.78 is 0. The van der Waals surface area contributed by atoms with Gasteiger partial charge in [-0.1, -0.05) is 0 Å². The van der Waals surface area contributed by atoms with Crippen molar-refractivity contribution in [3.8, 4) is 0 Å². The molecule has 0 amide bonds. The number of hydrogen-bond acceptors (Lipinski definition) is 4. The summed E-state index contributed by atoms with van der Waals surface area (Å²) >= 11 is 0. The zero-order valence-electron chi connectivity index (χ0n) is 9.27. The Labute approximate surface area is 108 Å². The molecule has 16 heavy (non-hydrogen) atoms. The fraction of sp³-hybridized carbons (Fsp3) is 0.600. The molecule has 1 saturated heterocycles. The Balaban J connectivity index is 0.00000112. The third-order valence-corrected chi connectivity index (χ3v) is 2.65. The smallest absolute Gasteiger partial charge is 0.147 e. The van der Waals surface area contributed by atoms with E-state index >= 15 is 0 Å². The molecule has 2 N–H and O–H groups in total. The second kappa shape index (κ2) is 7.65. The van der Waals surface area contributed by atoms with E-state index in [2.05, 4.69) is 20.6 Å². The third-order valence-electron chi connectivity index (χ3n) is 2.65. The molecule has 0 saturated carbocycles. The lowest BCUT2D eigenvalue weighted by molar-refractivity contribution is 0.454. The highest BCUT2D eigenvalue weighted by atomic mass is 35.5. The molecule has 0 radical (unpaired) electrons. The first kappa shape index (κ1) is 15.4. The first-order valence-corrected chi connectivity index (χ1v) is 5.11. The van der Waals surface area contributed by atoms with Gasteiger partial charge in [-0.05, 0) is 19.4 Å². The fourth-order valence-corrected chi connectivity index (χ4v) is 1.93. The number of nitrogens with one attached hydrogen (secondary N) is 2. The molecule has 1 unspecified atom stereocenters. The number of aromatic nitrogens is 2. The van der Waals surface area contributed by atoms with Crippen molar-refractivity contribution in [1.29, 1.82) is 0 Å². The zero-order valence-corrected chi connectivity index (χ0v) is 10.9. The first-order valence-electron chi connectivity index (χ1n) is 5.11. The average molecular weight is 265 g/mol. The van der Waals surface area contributed by atoms with Gasteiger partial charge in [0.25, 0.3) is 0 Å². The second-order valence-corrected chi connectivity index (χ2v) is 3.58. The van der Waals surface area contributed by atoms with Crippen molar-refractivity contribution in [2.24, 2.45) is 0 Å². The molecule has 1 atom stereocenters. The van der Waals surface area contributed by atoms with E-state index in [1.807, 2.05) is 7.05 Å². The highest BCUT2D eigenvalue weighted by Crippen LogP contribution is 2.25. The molecule has 2 heterocycles. The van der Waals surface area contributed by atoms with Crippen LogP contribution in [0.2, 0.25) is 0 Å². The van der Waals surface area contributed by atoms with Crippen LogP contribution in [0.5, 0.6) is 0 Å². The van der Waals surface area contributed by atoms with Crippen molar-refractivity contribution in [3.05, 3.63) is 18.1 Å². The molecule has 1 aromatic heterocycles. The Hall–Kier alpha value is -0.580. The Morgan fingerprint density at radius 3 is 2.69 bits per heavy atom. The molecule has 0 aliphatic carbocycles. The van der Waals surface area contributed by atoms with Crippen LogP contribution in [0, 0.1) is 0 Å². The van der Waals surface area contributed by atoms with Gasteiger partial charge in [0, 0.05) is 31.9 Å². The van der Waals surface area contributed by atoms with Gasteiger partial charge in [-0.2, -0.15) is 0 Å². The molecule has 6 heteroatoms. The van der Waals surface area contributed by atoms with Crippen LogP contribution in [-0.2, 0) is 0 Å². The topological polar surface area (TPSA) is 49.8 Å². The SMILES string of the molecule is CNc1nccnc1C1CCCNC1.Cl.Cl. The first-order chi connectivity index (χ1) is 6.92. The normalized spacial score (nSPS) is 19.2. The zero-order chi connectivity index (χ0) is 9.80. The Morgan fingerprint density at radius 2 is 2.06 bits per heavy atom. The molecule has 4 nitrogen and oxygen atoms in total. The quantitative estimate of drug-likeness (QED) is 0.856. The van der Waals surface area contributed by atoms with Gasteiger partial charge in [-0.15, -0.1) is 24.8 Å². The summed E-state index contributed by atoms with van der Waals surface area (Å²) in [5.74, 6) is 1.43. The van der Waals surface area contributed by atoms with E-state index < -0.39 is 0 Å². The van der Waals surface area contributed by atoms with E-state index in [1.54, 1.807) is 12.4 Å². The lowest BCUT2D eigenvalue weighted by Gasteiger charge is -2.23. The molecular weight excluding hydrogens is 247 g/mol. The van der Waals surface area contributed by atoms with Crippen molar-refractivity contribution < 1.29 is 0 Å². The Kier molecular flexibility index (Phi) is 7.38. The highest BCUT2D eigenvalue weighted by molar-refractivity contribution is 5.85. The predicted molar refractivity (Wildman–Crippen MR) is 70.9 cm³/mol. The number of piperidine rings is 1. The minimum atomic E-state index is 0. The monoisotopic (exact) mass is 264 g/mol. The van der Waals surface area contributed by atoms with Crippen LogP contribution in [0.25, 0.3) is 0 Å². The van der Waals surface area contributed by atoms with Gasteiger partial charge in [0.15, 0.2) is 0 Å². The number of nitrogens with zero attached hydrogens (tertiary/aromatic N) is 2. The van der Waals surface area contributed by atoms with Crippen molar-refractivity contribution in [2.75, 3.05) is 25.5 Å². The van der Waals surface area contributed by atoms with Crippen LogP contribution < -0.4 is 10.6 Å². The lowest BCUT2D eigenvalue weighted by Crippen LogP contribution is -2.29. The van der Waals surface area contributed by atoms with E-state index in [-0.39, 0.29) is 24.8 Å². The molecule has 1 aliphatic rings. The van der Waals surface area contributed by atoms with E-state index in [4.69, 9.17) is 0 Å². The van der Waals surface area contributed by atoms with Crippen LogP contribution in [0.1, 0.15) is 24.5 Å². The van der Waals surface area contributed by atoms with Crippen LogP contribution in [0.15, 0.2) is 12.4 Å². The predicted octanol–water partition coefficient (Wildman–Crippen LogP) is 1.83. The van der Waals surface area contributed by atoms with E-state index in [0.717, 1.165) is 24.6 Å². The molecule has 2 rings (SSSR count). The largest absolute Gasteiger partial charge is 0.372 e. The van der Waals surface area contributed by atoms with E-state index in [1.165, 1.54) is 12.8 Å². The van der Waals surface area contributed by atoms with Crippen LogP contribution in [-0.4, -0.2) is 30.1 Å². The molecule has 1 fully saturated rings. The minimum Gasteiger partial charge on any atom is -0.372 e. The standard InChI is InChI=1S/C10H16N4.2ClH/c1-11-10-9(13-5-6-14-10)8-3-2-4-12-7-8;;/h5-6,8,12H,2-4,7H2,1H3,(H,11,14);2*1H. The van der Waals surface area contributed by atoms with E-state index in [9.17, 15) is 0 Å². The van der Waals surface area contributed by atoms with Crippen molar-refractivity contribution in [3.63, 3.8) is 0 Å². The third kappa shape index (κ3) is 3.47. The van der Waals surface area contributed by atoms with Crippen LogP contribution in [0.4, 0.5) is 5.82 Å². The van der Waals surface area contributed by atoms with Gasteiger partial charge < -0.3 is 10.6 Å². The maximum absolute atomic E-state index is 4.41. The molecule has 0 spiro atoms. The maximum Gasteiger partial charge on any atom is 0.147 e. The highest BCUT2D eigenvalue weighted by Gasteiger charge is 2.19. The number of rotatable bonds is 2. The maximum atomic E-state index is 4.41. The summed E-state index contributed by atoms with van der Waals surface area (Å²) in [6, 6.07) is 0. The number of hydrogen-bond donors (Lipinski definition) is 2. The van der Waals surface area contributed by atoms with Gasteiger partial charge in [-0.25, -0.2) is 4.98 Å². The van der Waals surface area contributed by atoms with Gasteiger partial charge in [0.05, 0.1) is 5.69 Å². The molecule has 1 aromatic rings. The summed E-state index contributed by atoms with van der Waals surface area (Å²) in [7, 11) is 1.89. The summed E-state index contributed by atoms with van der Waals surface area (Å²) in [5.41, 5.74) is 1.10. The van der Waals surface area contributed by atoms with Gasteiger partial charge in [0.2, 0.25) is 0 Å². The number of anilines is 1. The molecular formula is C10H18Cl2N4. The molecule has 0 bridgehead atoms. The van der Waals surface area contributed by atoms with Crippen molar-refractivity contribution >= 4 is 30.6 Å². The van der Waals surface area contributed by atoms with Crippen molar-refractivity contribution in [1.82, 2.24) is 15.3 Å². The Morgan fingerprint density at radius 1 is 1.31 bits per heavy atom. The van der Waals surface area contributed by atoms with Gasteiger partial charge in [-0.3, -0.25) is 4.98 Å². The van der Waals surface area contributed by atoms with Gasteiger partial charge in [0.1, 0.15) is 5.82 Å². The molecule has 92 valence electrons. The lowest BCUT2D eigenvalue weighted by atomic mass is 9.96. The minimum absolute atomic E-state index is 0. The molecule has 0 aromatic carbocycles. The second-order valence-electron chi connectivity index (χ2n) is 3.58. The Bertz CT molecular complexity index is 303. The van der Waals surface area contributed by atoms with E-state index in [0.29, 0.717) is 5.92 Å². The van der Waals surface area contributed by atoms with Crippen molar-refractivity contribution in [2.45, 2.75) is 18.8 Å². The molecule has 1 aliphatic heterocycles.